The number of benzene rings is 1. The minimum Gasteiger partial charge on any atom is -0.396 e. The molecule has 2 rings (SSSR count). The molecule has 3 nitrogen and oxygen atoms in total. The molecule has 4 heteroatoms. The van der Waals surface area contributed by atoms with Crippen LogP contribution in [0.25, 0.3) is 5.69 Å². The van der Waals surface area contributed by atoms with Crippen molar-refractivity contribution in [3.8, 4) is 5.69 Å². The Morgan fingerprint density at radius 2 is 2.31 bits per heavy atom. The van der Waals surface area contributed by atoms with Gasteiger partial charge in [-0.3, -0.25) is 0 Å². The molecule has 0 radical (unpaired) electrons. The largest absolute Gasteiger partial charge is 0.396 e. The van der Waals surface area contributed by atoms with Crippen molar-refractivity contribution >= 4 is 0 Å². The van der Waals surface area contributed by atoms with Crippen LogP contribution in [0.1, 0.15) is 18.4 Å². The molecule has 0 saturated heterocycles. The number of aromatic nitrogens is 2. The second-order valence-electron chi connectivity index (χ2n) is 3.76. The van der Waals surface area contributed by atoms with E-state index in [1.165, 1.54) is 6.07 Å². The molecule has 0 amide bonds. The van der Waals surface area contributed by atoms with E-state index in [1.807, 2.05) is 13.0 Å². The highest BCUT2D eigenvalue weighted by atomic mass is 19.1. The molecule has 1 aromatic carbocycles. The molecule has 0 bridgehead atoms. The number of imidazole rings is 1. The van der Waals surface area contributed by atoms with Gasteiger partial charge in [-0.15, -0.1) is 0 Å². The molecular weight excluding hydrogens is 207 g/mol. The van der Waals surface area contributed by atoms with Crippen LogP contribution < -0.4 is 0 Å². The first kappa shape index (κ1) is 10.8. The average molecular weight is 220 g/mol. The summed E-state index contributed by atoms with van der Waals surface area (Å²) in [7, 11) is 0. The fourth-order valence-corrected chi connectivity index (χ4v) is 1.55. The zero-order chi connectivity index (χ0) is 11.5. The van der Waals surface area contributed by atoms with Crippen molar-refractivity contribution < 1.29 is 9.50 Å². The van der Waals surface area contributed by atoms with E-state index in [4.69, 9.17) is 5.11 Å². The molecule has 1 atom stereocenters. The van der Waals surface area contributed by atoms with E-state index in [1.54, 1.807) is 29.4 Å². The van der Waals surface area contributed by atoms with E-state index in [9.17, 15) is 4.39 Å². The van der Waals surface area contributed by atoms with Crippen molar-refractivity contribution in [1.29, 1.82) is 0 Å². The summed E-state index contributed by atoms with van der Waals surface area (Å²) in [5.41, 5.74) is 1.26. The summed E-state index contributed by atoms with van der Waals surface area (Å²) in [5, 5.41) is 8.99. The monoisotopic (exact) mass is 220 g/mol. The number of hydrogen-bond acceptors (Lipinski definition) is 2. The second-order valence-corrected chi connectivity index (χ2v) is 3.76. The first-order valence-electron chi connectivity index (χ1n) is 5.11. The molecule has 84 valence electrons. The third-order valence-electron chi connectivity index (χ3n) is 2.60. The van der Waals surface area contributed by atoms with Gasteiger partial charge in [-0.05, 0) is 17.7 Å². The number of rotatable bonds is 3. The predicted octanol–water partition coefficient (Wildman–Crippen LogP) is 2.11. The Morgan fingerprint density at radius 3 is 2.88 bits per heavy atom. The summed E-state index contributed by atoms with van der Waals surface area (Å²) in [6.07, 6.45) is 4.84. The SMILES string of the molecule is CC(CO)c1ccc(-n2ccnc2)c(F)c1. The Labute approximate surface area is 93.2 Å². The lowest BCUT2D eigenvalue weighted by Gasteiger charge is -2.10. The molecule has 0 aliphatic carbocycles. The molecule has 1 unspecified atom stereocenters. The van der Waals surface area contributed by atoms with E-state index in [-0.39, 0.29) is 18.3 Å². The van der Waals surface area contributed by atoms with E-state index >= 15 is 0 Å². The van der Waals surface area contributed by atoms with Gasteiger partial charge in [-0.1, -0.05) is 13.0 Å². The number of hydrogen-bond donors (Lipinski definition) is 1. The Morgan fingerprint density at radius 1 is 1.50 bits per heavy atom. The summed E-state index contributed by atoms with van der Waals surface area (Å²) in [4.78, 5) is 3.87. The predicted molar refractivity (Wildman–Crippen MR) is 59.0 cm³/mol. The van der Waals surface area contributed by atoms with E-state index in [0.717, 1.165) is 5.56 Å². The van der Waals surface area contributed by atoms with Gasteiger partial charge in [0, 0.05) is 24.9 Å². The Hall–Kier alpha value is -1.68. The van der Waals surface area contributed by atoms with Gasteiger partial charge in [-0.25, -0.2) is 9.37 Å². The molecular formula is C12H13FN2O. The summed E-state index contributed by atoms with van der Waals surface area (Å²) in [5.74, 6) is -0.359. The topological polar surface area (TPSA) is 38.0 Å². The Balaban J connectivity index is 2.37. The minimum atomic E-state index is -0.309. The number of halogens is 1. The molecule has 0 aliphatic rings. The molecule has 0 saturated carbocycles. The maximum absolute atomic E-state index is 13.8. The van der Waals surface area contributed by atoms with Crippen molar-refractivity contribution in [1.82, 2.24) is 9.55 Å². The minimum absolute atomic E-state index is 0.0177. The van der Waals surface area contributed by atoms with Gasteiger partial charge in [0.15, 0.2) is 0 Å². The van der Waals surface area contributed by atoms with Crippen molar-refractivity contribution in [2.24, 2.45) is 0 Å². The fourth-order valence-electron chi connectivity index (χ4n) is 1.55. The van der Waals surface area contributed by atoms with Crippen molar-refractivity contribution in [3.05, 3.63) is 48.3 Å². The van der Waals surface area contributed by atoms with Gasteiger partial charge in [0.1, 0.15) is 5.82 Å². The van der Waals surface area contributed by atoms with Gasteiger partial charge in [0.25, 0.3) is 0 Å². The summed E-state index contributed by atoms with van der Waals surface area (Å²) < 4.78 is 15.4. The lowest BCUT2D eigenvalue weighted by Crippen LogP contribution is -2.01. The number of nitrogens with zero attached hydrogens (tertiary/aromatic N) is 2. The van der Waals surface area contributed by atoms with E-state index in [2.05, 4.69) is 4.98 Å². The quantitative estimate of drug-likeness (QED) is 0.860. The zero-order valence-electron chi connectivity index (χ0n) is 8.97. The molecule has 1 N–H and O–H groups in total. The summed E-state index contributed by atoms with van der Waals surface area (Å²) in [6, 6.07) is 4.97. The smallest absolute Gasteiger partial charge is 0.147 e. The lowest BCUT2D eigenvalue weighted by atomic mass is 10.0. The molecule has 1 heterocycles. The van der Waals surface area contributed by atoms with Crippen LogP contribution in [0.2, 0.25) is 0 Å². The maximum atomic E-state index is 13.8. The highest BCUT2D eigenvalue weighted by molar-refractivity contribution is 5.37. The van der Waals surface area contributed by atoms with Gasteiger partial charge < -0.3 is 9.67 Å². The lowest BCUT2D eigenvalue weighted by molar-refractivity contribution is 0.273. The number of aliphatic hydroxyl groups is 1. The first-order valence-corrected chi connectivity index (χ1v) is 5.11. The Bertz CT molecular complexity index is 468. The van der Waals surface area contributed by atoms with Crippen LogP contribution in [0.3, 0.4) is 0 Å². The van der Waals surface area contributed by atoms with Crippen LogP contribution in [0.5, 0.6) is 0 Å². The summed E-state index contributed by atoms with van der Waals surface area (Å²) >= 11 is 0. The first-order chi connectivity index (χ1) is 7.72. The van der Waals surface area contributed by atoms with Crippen LogP contribution >= 0.6 is 0 Å². The van der Waals surface area contributed by atoms with E-state index < -0.39 is 0 Å². The van der Waals surface area contributed by atoms with Crippen molar-refractivity contribution in [2.45, 2.75) is 12.8 Å². The zero-order valence-corrected chi connectivity index (χ0v) is 8.97. The van der Waals surface area contributed by atoms with Gasteiger partial charge in [0.2, 0.25) is 0 Å². The molecule has 2 aromatic rings. The van der Waals surface area contributed by atoms with E-state index in [0.29, 0.717) is 5.69 Å². The van der Waals surface area contributed by atoms with Crippen LogP contribution in [0.15, 0.2) is 36.9 Å². The molecule has 16 heavy (non-hydrogen) atoms. The summed E-state index contributed by atoms with van der Waals surface area (Å²) in [6.45, 7) is 1.87. The average Bonchev–Trinajstić information content (AvgIpc) is 2.81. The standard InChI is InChI=1S/C12H13FN2O/c1-9(7-16)10-2-3-12(11(13)6-10)15-5-4-14-8-15/h2-6,8-9,16H,7H2,1H3. The fraction of sp³-hybridized carbons (Fsp3) is 0.250. The van der Waals surface area contributed by atoms with Crippen LogP contribution in [0.4, 0.5) is 4.39 Å². The van der Waals surface area contributed by atoms with Crippen LogP contribution in [0, 0.1) is 5.82 Å². The van der Waals surface area contributed by atoms with Gasteiger partial charge in [0.05, 0.1) is 12.0 Å². The van der Waals surface area contributed by atoms with Crippen LogP contribution in [-0.4, -0.2) is 21.3 Å². The highest BCUT2D eigenvalue weighted by Crippen LogP contribution is 2.20. The van der Waals surface area contributed by atoms with Crippen molar-refractivity contribution in [3.63, 3.8) is 0 Å². The van der Waals surface area contributed by atoms with Crippen molar-refractivity contribution in [2.75, 3.05) is 6.61 Å². The van der Waals surface area contributed by atoms with Gasteiger partial charge >= 0.3 is 0 Å². The third kappa shape index (κ3) is 1.97. The molecule has 0 fully saturated rings. The Kier molecular flexibility index (Phi) is 3.01. The normalized spacial score (nSPS) is 12.7. The molecule has 0 aliphatic heterocycles. The van der Waals surface area contributed by atoms with Gasteiger partial charge in [-0.2, -0.15) is 0 Å². The number of aliphatic hydroxyl groups excluding tert-OH is 1. The van der Waals surface area contributed by atoms with Crippen LogP contribution in [-0.2, 0) is 0 Å². The molecule has 1 aromatic heterocycles. The second kappa shape index (κ2) is 4.45. The highest BCUT2D eigenvalue weighted by Gasteiger charge is 2.09. The molecule has 0 spiro atoms. The third-order valence-corrected chi connectivity index (χ3v) is 2.60. The maximum Gasteiger partial charge on any atom is 0.147 e.